The number of likely N-dealkylation sites (N-methyl/N-ethyl adjacent to an activating group) is 1. The molecule has 25 heavy (non-hydrogen) atoms. The van der Waals surface area contributed by atoms with Crippen molar-refractivity contribution in [3.63, 3.8) is 0 Å². The summed E-state index contributed by atoms with van der Waals surface area (Å²) in [7, 11) is 0. The van der Waals surface area contributed by atoms with Crippen LogP contribution in [0.15, 0.2) is 48.5 Å². The van der Waals surface area contributed by atoms with Crippen molar-refractivity contribution in [2.75, 3.05) is 32.7 Å². The van der Waals surface area contributed by atoms with E-state index in [1.54, 1.807) is 0 Å². The fourth-order valence-corrected chi connectivity index (χ4v) is 3.43. The second kappa shape index (κ2) is 8.65. The van der Waals surface area contributed by atoms with Gasteiger partial charge >= 0.3 is 0 Å². The molecule has 1 fully saturated rings. The molecule has 3 nitrogen and oxygen atoms in total. The summed E-state index contributed by atoms with van der Waals surface area (Å²) in [4.78, 5) is 5.61. The van der Waals surface area contributed by atoms with Gasteiger partial charge < -0.3 is 14.5 Å². The lowest BCUT2D eigenvalue weighted by molar-refractivity contribution is 0.191. The monoisotopic (exact) mass is 374 g/mol. The van der Waals surface area contributed by atoms with E-state index >= 15 is 0 Å². The van der Waals surface area contributed by atoms with Crippen molar-refractivity contribution in [3.8, 4) is 5.75 Å². The summed E-state index contributed by atoms with van der Waals surface area (Å²) >= 11 is 11.7. The van der Waals surface area contributed by atoms with E-state index in [2.05, 4.69) is 16.7 Å². The van der Waals surface area contributed by atoms with Gasteiger partial charge in [-0.25, -0.2) is 0 Å². The fourth-order valence-electron chi connectivity index (χ4n) is 2.95. The van der Waals surface area contributed by atoms with E-state index in [4.69, 9.17) is 28.6 Å². The molecule has 0 bridgehead atoms. The highest BCUT2D eigenvalue weighted by atomic mass is 35.5. The van der Waals surface area contributed by atoms with Gasteiger partial charge in [0.25, 0.3) is 0 Å². The molecule has 2 aromatic carbocycles. The first-order valence-corrected chi connectivity index (χ1v) is 9.44. The molecule has 0 radical (unpaired) electrons. The molecular weight excluding hydrogens is 352 g/mol. The third-order valence-corrected chi connectivity index (χ3v) is 5.26. The van der Waals surface area contributed by atoms with Crippen LogP contribution in [0.3, 0.4) is 0 Å². The molecule has 0 saturated carbocycles. The van der Waals surface area contributed by atoms with E-state index in [9.17, 15) is 0 Å². The van der Waals surface area contributed by atoms with Crippen LogP contribution < -0.4 is 4.74 Å². The molecule has 0 unspecified atom stereocenters. The second-order valence-corrected chi connectivity index (χ2v) is 6.96. The van der Waals surface area contributed by atoms with E-state index in [0.29, 0.717) is 6.61 Å². The molecule has 1 aliphatic rings. The molecule has 0 aliphatic carbocycles. The number of ether oxygens (including phenoxy) is 1. The third kappa shape index (κ3) is 4.72. The third-order valence-electron chi connectivity index (χ3n) is 4.53. The minimum absolute atomic E-state index is 0.500. The Morgan fingerprint density at radius 2 is 1.72 bits per heavy atom. The molecule has 2 aromatic rings. The zero-order valence-corrected chi connectivity index (χ0v) is 16.0. The van der Waals surface area contributed by atoms with Gasteiger partial charge in [-0.1, -0.05) is 55.0 Å². The second-order valence-electron chi connectivity index (χ2n) is 6.14. The molecule has 0 spiro atoms. The summed E-state index contributed by atoms with van der Waals surface area (Å²) in [6.07, 6.45) is 0. The van der Waals surface area contributed by atoms with Gasteiger partial charge in [-0.2, -0.15) is 0 Å². The Labute approximate surface area is 160 Å². The maximum atomic E-state index is 6.05. The molecule has 1 heterocycles. The molecule has 0 aromatic heterocycles. The summed E-state index contributed by atoms with van der Waals surface area (Å²) in [5.41, 5.74) is 2.08. The van der Waals surface area contributed by atoms with Crippen molar-refractivity contribution < 1.29 is 4.74 Å². The fraction of sp³-hybridized carbons (Fsp3) is 0.350. The van der Waals surface area contributed by atoms with Gasteiger partial charge in [0.15, 0.2) is 0 Å². The van der Waals surface area contributed by atoms with Gasteiger partial charge in [0.1, 0.15) is 17.3 Å². The van der Waals surface area contributed by atoms with Crippen LogP contribution in [0.1, 0.15) is 18.1 Å². The van der Waals surface area contributed by atoms with E-state index in [1.807, 2.05) is 48.5 Å². The summed E-state index contributed by atoms with van der Waals surface area (Å²) in [5.74, 6) is 0.834. The largest absolute Gasteiger partial charge is 0.488 e. The van der Waals surface area contributed by atoms with Crippen LogP contribution >= 0.6 is 23.8 Å². The molecule has 0 amide bonds. The number of para-hydroxylation sites is 1. The van der Waals surface area contributed by atoms with Gasteiger partial charge in [-0.15, -0.1) is 0 Å². The SMILES string of the molecule is CCN1CCN(C(=S)c2ccccc2OCc2ccc(Cl)cc2)CC1. The lowest BCUT2D eigenvalue weighted by Crippen LogP contribution is -2.48. The number of hydrogen-bond acceptors (Lipinski definition) is 3. The number of halogens is 1. The van der Waals surface area contributed by atoms with Gasteiger partial charge in [0.2, 0.25) is 0 Å². The van der Waals surface area contributed by atoms with Crippen molar-refractivity contribution in [1.82, 2.24) is 9.80 Å². The standard InChI is InChI=1S/C20H23ClN2OS/c1-2-22-11-13-23(14-12-22)20(25)18-5-3-4-6-19(18)24-15-16-7-9-17(21)10-8-16/h3-10H,2,11-15H2,1H3. The zero-order chi connectivity index (χ0) is 17.6. The Balaban J connectivity index is 1.68. The van der Waals surface area contributed by atoms with Crippen LogP contribution in [-0.4, -0.2) is 47.5 Å². The van der Waals surface area contributed by atoms with Crippen LogP contribution in [0.4, 0.5) is 0 Å². The summed E-state index contributed by atoms with van der Waals surface area (Å²) < 4.78 is 6.05. The average Bonchev–Trinajstić information content (AvgIpc) is 2.67. The van der Waals surface area contributed by atoms with Crippen molar-refractivity contribution in [3.05, 3.63) is 64.7 Å². The zero-order valence-electron chi connectivity index (χ0n) is 14.5. The molecule has 0 N–H and O–H groups in total. The number of rotatable bonds is 5. The molecule has 1 aliphatic heterocycles. The first-order valence-electron chi connectivity index (χ1n) is 8.65. The minimum Gasteiger partial charge on any atom is -0.488 e. The average molecular weight is 375 g/mol. The maximum Gasteiger partial charge on any atom is 0.130 e. The smallest absolute Gasteiger partial charge is 0.130 e. The number of hydrogen-bond donors (Lipinski definition) is 0. The highest BCUT2D eigenvalue weighted by Gasteiger charge is 2.20. The van der Waals surface area contributed by atoms with Crippen LogP contribution in [-0.2, 0) is 6.61 Å². The normalized spacial score (nSPS) is 15.2. The topological polar surface area (TPSA) is 15.7 Å². The number of thiocarbonyl (C=S) groups is 1. The molecule has 132 valence electrons. The summed E-state index contributed by atoms with van der Waals surface area (Å²) in [6, 6.07) is 15.7. The summed E-state index contributed by atoms with van der Waals surface area (Å²) in [5, 5.41) is 0.733. The first kappa shape index (κ1) is 18.2. The predicted molar refractivity (Wildman–Crippen MR) is 108 cm³/mol. The van der Waals surface area contributed by atoms with Crippen LogP contribution in [0, 0.1) is 0 Å². The maximum absolute atomic E-state index is 6.05. The molecule has 5 heteroatoms. The van der Waals surface area contributed by atoms with Crippen molar-refractivity contribution >= 4 is 28.8 Å². The van der Waals surface area contributed by atoms with Gasteiger partial charge in [0.05, 0.1) is 5.56 Å². The highest BCUT2D eigenvalue weighted by molar-refractivity contribution is 7.80. The molecular formula is C20H23ClN2OS. The summed E-state index contributed by atoms with van der Waals surface area (Å²) in [6.45, 7) is 7.86. The van der Waals surface area contributed by atoms with Crippen LogP contribution in [0.25, 0.3) is 0 Å². The van der Waals surface area contributed by atoms with Crippen LogP contribution in [0.5, 0.6) is 5.75 Å². The molecule has 0 atom stereocenters. The highest BCUT2D eigenvalue weighted by Crippen LogP contribution is 2.23. The van der Waals surface area contributed by atoms with Gasteiger partial charge in [0, 0.05) is 31.2 Å². The predicted octanol–water partition coefficient (Wildman–Crippen LogP) is 4.23. The first-order chi connectivity index (χ1) is 12.2. The number of piperazine rings is 1. The lowest BCUT2D eigenvalue weighted by Gasteiger charge is -2.36. The van der Waals surface area contributed by atoms with E-state index in [1.165, 1.54) is 0 Å². The Kier molecular flexibility index (Phi) is 6.29. The van der Waals surface area contributed by atoms with E-state index in [-0.39, 0.29) is 0 Å². The minimum atomic E-state index is 0.500. The Morgan fingerprint density at radius 3 is 2.40 bits per heavy atom. The van der Waals surface area contributed by atoms with E-state index in [0.717, 1.165) is 59.6 Å². The van der Waals surface area contributed by atoms with Crippen molar-refractivity contribution in [2.45, 2.75) is 13.5 Å². The van der Waals surface area contributed by atoms with Gasteiger partial charge in [-0.3, -0.25) is 0 Å². The Hall–Kier alpha value is -1.62. The Morgan fingerprint density at radius 1 is 1.04 bits per heavy atom. The van der Waals surface area contributed by atoms with E-state index < -0.39 is 0 Å². The lowest BCUT2D eigenvalue weighted by atomic mass is 10.1. The number of nitrogens with zero attached hydrogens (tertiary/aromatic N) is 2. The van der Waals surface area contributed by atoms with Gasteiger partial charge in [-0.05, 0) is 36.4 Å². The van der Waals surface area contributed by atoms with Crippen LogP contribution in [0.2, 0.25) is 5.02 Å². The molecule has 3 rings (SSSR count). The molecule has 1 saturated heterocycles. The number of benzene rings is 2. The van der Waals surface area contributed by atoms with Crippen molar-refractivity contribution in [1.29, 1.82) is 0 Å². The van der Waals surface area contributed by atoms with Crippen molar-refractivity contribution in [2.24, 2.45) is 0 Å². The Bertz CT molecular complexity index is 712. The quantitative estimate of drug-likeness (QED) is 0.727.